The Morgan fingerprint density at radius 2 is 1.80 bits per heavy atom. The van der Waals surface area contributed by atoms with Crippen molar-refractivity contribution in [2.75, 3.05) is 34.5 Å². The maximum atomic E-state index is 12.9. The number of hydrogen-bond acceptors (Lipinski definition) is 7. The van der Waals surface area contributed by atoms with Gasteiger partial charge in [0.1, 0.15) is 13.2 Å². The second kappa shape index (κ2) is 9.58. The van der Waals surface area contributed by atoms with Crippen molar-refractivity contribution >= 4 is 23.5 Å². The van der Waals surface area contributed by atoms with Gasteiger partial charge in [0, 0.05) is 5.56 Å². The van der Waals surface area contributed by atoms with Crippen LogP contribution >= 0.6 is 11.6 Å². The van der Waals surface area contributed by atoms with Crippen LogP contribution in [0, 0.1) is 0 Å². The minimum Gasteiger partial charge on any atom is -0.493 e. The molecule has 0 aromatic heterocycles. The smallest absolute Gasteiger partial charge is 0.307 e. The van der Waals surface area contributed by atoms with Crippen molar-refractivity contribution in [2.45, 2.75) is 12.5 Å². The van der Waals surface area contributed by atoms with Crippen LogP contribution in [0.4, 0.5) is 0 Å². The third-order valence-corrected chi connectivity index (χ3v) is 4.85. The lowest BCUT2D eigenvalue weighted by Crippen LogP contribution is -2.30. The lowest BCUT2D eigenvalue weighted by Gasteiger charge is -2.22. The lowest BCUT2D eigenvalue weighted by molar-refractivity contribution is -0.141. The Hall–Kier alpha value is -3.13. The topological polar surface area (TPSA) is 92.3 Å². The molecule has 9 heteroatoms. The van der Waals surface area contributed by atoms with Gasteiger partial charge in [0.25, 0.3) is 5.91 Å². The average Bonchev–Trinajstić information content (AvgIpc) is 2.77. The van der Waals surface area contributed by atoms with Crippen molar-refractivity contribution in [3.8, 4) is 23.0 Å². The van der Waals surface area contributed by atoms with Gasteiger partial charge in [0.05, 0.1) is 38.8 Å². The van der Waals surface area contributed by atoms with E-state index in [0.717, 1.165) is 0 Å². The van der Waals surface area contributed by atoms with Crippen molar-refractivity contribution in [2.24, 2.45) is 0 Å². The Kier molecular flexibility index (Phi) is 6.89. The zero-order valence-electron chi connectivity index (χ0n) is 16.8. The summed E-state index contributed by atoms with van der Waals surface area (Å²) in [5.74, 6) is 0.900. The molecule has 1 N–H and O–H groups in total. The number of amides is 1. The van der Waals surface area contributed by atoms with Gasteiger partial charge in [0.2, 0.25) is 0 Å². The van der Waals surface area contributed by atoms with E-state index in [1.165, 1.54) is 27.4 Å². The molecule has 0 spiro atoms. The summed E-state index contributed by atoms with van der Waals surface area (Å²) in [6.45, 7) is 0.754. The van der Waals surface area contributed by atoms with Crippen LogP contribution in [0.5, 0.6) is 23.0 Å². The molecule has 8 nitrogen and oxygen atoms in total. The van der Waals surface area contributed by atoms with Crippen molar-refractivity contribution in [3.63, 3.8) is 0 Å². The van der Waals surface area contributed by atoms with Crippen LogP contribution in [0.1, 0.15) is 28.4 Å². The summed E-state index contributed by atoms with van der Waals surface area (Å²) in [6.07, 6.45) is -0.0734. The largest absolute Gasteiger partial charge is 0.493 e. The zero-order chi connectivity index (χ0) is 21.7. The first-order valence-electron chi connectivity index (χ1n) is 9.15. The van der Waals surface area contributed by atoms with E-state index in [2.05, 4.69) is 5.32 Å². The Balaban J connectivity index is 1.89. The van der Waals surface area contributed by atoms with Crippen LogP contribution < -0.4 is 24.3 Å². The number of hydrogen-bond donors (Lipinski definition) is 1. The van der Waals surface area contributed by atoms with Crippen molar-refractivity contribution in [3.05, 3.63) is 46.5 Å². The van der Waals surface area contributed by atoms with Gasteiger partial charge in [-0.05, 0) is 29.8 Å². The quantitative estimate of drug-likeness (QED) is 0.668. The SMILES string of the molecule is COC(=O)C[C@H](NC(=O)c1cc(Cl)c2c(c1)OCCO2)c1ccc(OC)c(OC)c1. The van der Waals surface area contributed by atoms with Crippen molar-refractivity contribution < 1.29 is 33.3 Å². The normalized spacial score (nSPS) is 13.2. The minimum absolute atomic E-state index is 0.0734. The Bertz CT molecular complexity index is 947. The molecule has 30 heavy (non-hydrogen) atoms. The van der Waals surface area contributed by atoms with E-state index in [-0.39, 0.29) is 17.0 Å². The fraction of sp³-hybridized carbons (Fsp3) is 0.333. The van der Waals surface area contributed by atoms with Crippen LogP contribution in [-0.4, -0.2) is 46.4 Å². The standard InChI is InChI=1S/C21H22ClNO7/c1-26-16-5-4-12(9-17(16)27-2)15(11-19(24)28-3)23-21(25)13-8-14(22)20-18(10-13)29-6-7-30-20/h4-5,8-10,15H,6-7,11H2,1-3H3,(H,23,25)/t15-/m0/s1. The molecule has 3 rings (SSSR count). The number of carbonyl (C=O) groups is 2. The van der Waals surface area contributed by atoms with Gasteiger partial charge in [-0.15, -0.1) is 0 Å². The summed E-state index contributed by atoms with van der Waals surface area (Å²) in [5, 5.41) is 3.12. The van der Waals surface area contributed by atoms with Crippen LogP contribution in [-0.2, 0) is 9.53 Å². The third kappa shape index (κ3) is 4.71. The van der Waals surface area contributed by atoms with Crippen molar-refractivity contribution in [1.29, 1.82) is 0 Å². The highest BCUT2D eigenvalue weighted by Gasteiger charge is 2.24. The molecule has 1 atom stereocenters. The number of esters is 1. The molecule has 0 saturated heterocycles. The lowest BCUT2D eigenvalue weighted by atomic mass is 10.0. The van der Waals surface area contributed by atoms with E-state index in [4.69, 9.17) is 35.3 Å². The number of benzene rings is 2. The van der Waals surface area contributed by atoms with E-state index < -0.39 is 17.9 Å². The number of halogens is 1. The van der Waals surface area contributed by atoms with E-state index in [0.29, 0.717) is 41.8 Å². The van der Waals surface area contributed by atoms with E-state index >= 15 is 0 Å². The molecule has 0 bridgehead atoms. The Morgan fingerprint density at radius 3 is 2.50 bits per heavy atom. The molecule has 2 aromatic carbocycles. The Labute approximate surface area is 179 Å². The predicted molar refractivity (Wildman–Crippen MR) is 109 cm³/mol. The first-order chi connectivity index (χ1) is 14.5. The molecule has 0 radical (unpaired) electrons. The molecule has 0 unspecified atom stereocenters. The second-order valence-electron chi connectivity index (χ2n) is 6.40. The van der Waals surface area contributed by atoms with Crippen LogP contribution in [0.2, 0.25) is 5.02 Å². The van der Waals surface area contributed by atoms with Gasteiger partial charge in [-0.1, -0.05) is 17.7 Å². The number of carbonyl (C=O) groups excluding carboxylic acids is 2. The fourth-order valence-corrected chi connectivity index (χ4v) is 3.32. The van der Waals surface area contributed by atoms with Crippen LogP contribution in [0.15, 0.2) is 30.3 Å². The van der Waals surface area contributed by atoms with Gasteiger partial charge in [-0.25, -0.2) is 0 Å². The summed E-state index contributed by atoms with van der Waals surface area (Å²) < 4.78 is 26.4. The highest BCUT2D eigenvalue weighted by molar-refractivity contribution is 6.32. The summed E-state index contributed by atoms with van der Waals surface area (Å²) in [5.41, 5.74) is 0.926. The molecule has 1 aliphatic rings. The fourth-order valence-electron chi connectivity index (χ4n) is 3.06. The van der Waals surface area contributed by atoms with E-state index in [1.807, 2.05) is 0 Å². The van der Waals surface area contributed by atoms with E-state index in [9.17, 15) is 9.59 Å². The maximum Gasteiger partial charge on any atom is 0.307 e. The van der Waals surface area contributed by atoms with Gasteiger partial charge in [-0.3, -0.25) is 9.59 Å². The number of fused-ring (bicyclic) bond motifs is 1. The monoisotopic (exact) mass is 435 g/mol. The second-order valence-corrected chi connectivity index (χ2v) is 6.81. The van der Waals surface area contributed by atoms with E-state index in [1.54, 1.807) is 24.3 Å². The number of rotatable bonds is 7. The summed E-state index contributed by atoms with van der Waals surface area (Å²) in [6, 6.07) is 7.52. The average molecular weight is 436 g/mol. The molecule has 1 amide bonds. The third-order valence-electron chi connectivity index (χ3n) is 4.57. The Morgan fingerprint density at radius 1 is 1.07 bits per heavy atom. The molecule has 2 aromatic rings. The molecule has 1 heterocycles. The molecule has 0 saturated carbocycles. The first kappa shape index (κ1) is 21.6. The van der Waals surface area contributed by atoms with Crippen molar-refractivity contribution in [1.82, 2.24) is 5.32 Å². The molecular formula is C21H22ClNO7. The molecular weight excluding hydrogens is 414 g/mol. The summed E-state index contributed by atoms with van der Waals surface area (Å²) in [7, 11) is 4.32. The van der Waals surface area contributed by atoms with Gasteiger partial charge in [0.15, 0.2) is 23.0 Å². The highest BCUT2D eigenvalue weighted by Crippen LogP contribution is 2.38. The number of nitrogens with one attached hydrogen (secondary N) is 1. The molecule has 0 aliphatic carbocycles. The first-order valence-corrected chi connectivity index (χ1v) is 9.53. The molecule has 160 valence electrons. The van der Waals surface area contributed by atoms with Gasteiger partial charge in [-0.2, -0.15) is 0 Å². The highest BCUT2D eigenvalue weighted by atomic mass is 35.5. The number of methoxy groups -OCH3 is 3. The van der Waals surface area contributed by atoms with Gasteiger partial charge < -0.3 is 29.0 Å². The van der Waals surface area contributed by atoms with Gasteiger partial charge >= 0.3 is 5.97 Å². The van der Waals surface area contributed by atoms with Crippen LogP contribution in [0.3, 0.4) is 0 Å². The molecule has 0 fully saturated rings. The maximum absolute atomic E-state index is 12.9. The minimum atomic E-state index is -0.670. The summed E-state index contributed by atoms with van der Waals surface area (Å²) in [4.78, 5) is 24.9. The molecule has 1 aliphatic heterocycles. The number of ether oxygens (including phenoxy) is 5. The zero-order valence-corrected chi connectivity index (χ0v) is 17.6. The summed E-state index contributed by atoms with van der Waals surface area (Å²) >= 11 is 6.24. The van der Waals surface area contributed by atoms with Crippen LogP contribution in [0.25, 0.3) is 0 Å². The predicted octanol–water partition coefficient (Wildman–Crippen LogP) is 3.16.